The van der Waals surface area contributed by atoms with Crippen LogP contribution in [0, 0.1) is 0 Å². The van der Waals surface area contributed by atoms with Crippen LogP contribution in [0.3, 0.4) is 0 Å². The molecule has 0 aliphatic heterocycles. The number of unbranched alkanes of at least 4 members (excludes halogenated alkanes) is 9. The lowest BCUT2D eigenvalue weighted by atomic mass is 10.1. The number of thioether (sulfide) groups is 1. The Kier molecular flexibility index (Phi) is 18.6. The molecule has 0 radical (unpaired) electrons. The number of hydrogen-bond donors (Lipinski definition) is 2. The number of rotatable bonds is 15. The normalized spacial score (nSPS) is 11.9. The molecule has 0 saturated heterocycles. The average molecular weight is 330 g/mol. The highest BCUT2D eigenvalue weighted by Gasteiger charge is 1.99. The highest BCUT2D eigenvalue weighted by Crippen LogP contribution is 2.07. The topological polar surface area (TPSA) is 50.4 Å². The van der Waals surface area contributed by atoms with Gasteiger partial charge >= 0.3 is 0 Å². The van der Waals surface area contributed by atoms with Gasteiger partial charge < -0.3 is 11.1 Å². The number of nitrogens with two attached hydrogens (primary N) is 1. The summed E-state index contributed by atoms with van der Waals surface area (Å²) in [5, 5.41) is 4.61. The predicted octanol–water partition coefficient (Wildman–Crippen LogP) is 4.95. The van der Waals surface area contributed by atoms with E-state index in [1.165, 1.54) is 70.6 Å². The van der Waals surface area contributed by atoms with Gasteiger partial charge in [0.25, 0.3) is 0 Å². The Balaban J connectivity index is 3.71. The predicted molar refractivity (Wildman–Crippen MR) is 104 cm³/mol. The minimum atomic E-state index is 0.721. The van der Waals surface area contributed by atoms with Gasteiger partial charge in [-0.05, 0) is 12.8 Å². The molecule has 0 atom stereocenters. The van der Waals surface area contributed by atoms with Gasteiger partial charge in [0.1, 0.15) is 0 Å². The van der Waals surface area contributed by atoms with Crippen molar-refractivity contribution in [2.45, 2.75) is 84.5 Å². The third-order valence-corrected chi connectivity index (χ3v) is 4.67. The standard InChI is InChI=1S/C18H39N3S/c1-3-5-7-9-11-13-16-21-18(22-17-14-19)20-15-12-10-8-6-4-2/h3-17,19H2,1-2H3,(H,20,21). The Hall–Kier alpha value is -0.220. The van der Waals surface area contributed by atoms with Gasteiger partial charge in [0.05, 0.1) is 0 Å². The lowest BCUT2D eigenvalue weighted by Crippen LogP contribution is -2.23. The Morgan fingerprint density at radius 1 is 0.864 bits per heavy atom. The molecule has 0 aliphatic rings. The first-order valence-corrected chi connectivity index (χ1v) is 10.4. The molecule has 0 heterocycles. The zero-order chi connectivity index (χ0) is 16.3. The minimum Gasteiger partial charge on any atom is -0.365 e. The van der Waals surface area contributed by atoms with Gasteiger partial charge in [-0.25, -0.2) is 0 Å². The van der Waals surface area contributed by atoms with Gasteiger partial charge in [-0.1, -0.05) is 83.4 Å². The zero-order valence-electron chi connectivity index (χ0n) is 15.0. The molecule has 0 aromatic heterocycles. The van der Waals surface area contributed by atoms with Crippen molar-refractivity contribution in [2.24, 2.45) is 10.7 Å². The number of hydrogen-bond acceptors (Lipinski definition) is 3. The van der Waals surface area contributed by atoms with Crippen molar-refractivity contribution in [3.8, 4) is 0 Å². The molecule has 3 N–H and O–H groups in total. The third-order valence-electron chi connectivity index (χ3n) is 3.68. The van der Waals surface area contributed by atoms with E-state index in [-0.39, 0.29) is 0 Å². The minimum absolute atomic E-state index is 0.721. The molecular weight excluding hydrogens is 290 g/mol. The molecule has 3 nitrogen and oxygen atoms in total. The van der Waals surface area contributed by atoms with E-state index in [2.05, 4.69) is 19.2 Å². The number of amidine groups is 1. The quantitative estimate of drug-likeness (QED) is 0.254. The first-order chi connectivity index (χ1) is 10.8. The lowest BCUT2D eigenvalue weighted by Gasteiger charge is -2.09. The van der Waals surface area contributed by atoms with Gasteiger partial charge in [-0.2, -0.15) is 0 Å². The van der Waals surface area contributed by atoms with Crippen molar-refractivity contribution in [1.29, 1.82) is 0 Å². The fourth-order valence-electron chi connectivity index (χ4n) is 2.30. The van der Waals surface area contributed by atoms with Crippen molar-refractivity contribution in [3.05, 3.63) is 0 Å². The third kappa shape index (κ3) is 16.2. The molecule has 0 amide bonds. The zero-order valence-corrected chi connectivity index (χ0v) is 15.9. The van der Waals surface area contributed by atoms with Gasteiger partial charge in [0, 0.05) is 25.4 Å². The van der Waals surface area contributed by atoms with Crippen LogP contribution in [-0.4, -0.2) is 30.6 Å². The van der Waals surface area contributed by atoms with Crippen LogP contribution < -0.4 is 11.1 Å². The van der Waals surface area contributed by atoms with E-state index in [1.807, 2.05) is 0 Å². The van der Waals surface area contributed by atoms with Crippen LogP contribution >= 0.6 is 11.8 Å². The highest BCUT2D eigenvalue weighted by molar-refractivity contribution is 8.13. The van der Waals surface area contributed by atoms with E-state index >= 15 is 0 Å². The molecule has 132 valence electrons. The fourth-order valence-corrected chi connectivity index (χ4v) is 3.00. The molecule has 0 unspecified atom stereocenters. The Morgan fingerprint density at radius 2 is 1.45 bits per heavy atom. The summed E-state index contributed by atoms with van der Waals surface area (Å²) in [5.41, 5.74) is 5.61. The van der Waals surface area contributed by atoms with Gasteiger partial charge in [0.2, 0.25) is 0 Å². The van der Waals surface area contributed by atoms with E-state index in [0.717, 1.165) is 30.6 Å². The summed E-state index contributed by atoms with van der Waals surface area (Å²) in [5.74, 6) is 0.957. The fraction of sp³-hybridized carbons (Fsp3) is 0.944. The summed E-state index contributed by atoms with van der Waals surface area (Å²) < 4.78 is 0. The molecule has 22 heavy (non-hydrogen) atoms. The molecule has 0 rings (SSSR count). The second-order valence-electron chi connectivity index (χ2n) is 5.93. The van der Waals surface area contributed by atoms with E-state index < -0.39 is 0 Å². The smallest absolute Gasteiger partial charge is 0.156 e. The summed E-state index contributed by atoms with van der Waals surface area (Å²) >= 11 is 1.78. The lowest BCUT2D eigenvalue weighted by molar-refractivity contribution is 0.602. The van der Waals surface area contributed by atoms with Crippen LogP contribution in [0.25, 0.3) is 0 Å². The van der Waals surface area contributed by atoms with Crippen LogP contribution in [0.1, 0.15) is 84.5 Å². The Bertz CT molecular complexity index is 244. The van der Waals surface area contributed by atoms with E-state index in [1.54, 1.807) is 11.8 Å². The van der Waals surface area contributed by atoms with E-state index in [0.29, 0.717) is 0 Å². The SMILES string of the molecule is CCCCCCCCNC(=NCCCCCCC)SCCN. The Morgan fingerprint density at radius 3 is 2.09 bits per heavy atom. The van der Waals surface area contributed by atoms with Gasteiger partial charge in [-0.15, -0.1) is 0 Å². The summed E-state index contributed by atoms with van der Waals surface area (Å²) in [6, 6.07) is 0. The number of nitrogens with zero attached hydrogens (tertiary/aromatic N) is 1. The summed E-state index contributed by atoms with van der Waals surface area (Å²) in [4.78, 5) is 4.72. The average Bonchev–Trinajstić information content (AvgIpc) is 2.54. The van der Waals surface area contributed by atoms with Crippen molar-refractivity contribution in [1.82, 2.24) is 5.32 Å². The summed E-state index contributed by atoms with van der Waals surface area (Å²) in [6.45, 7) is 7.25. The molecule has 0 aliphatic carbocycles. The van der Waals surface area contributed by atoms with Crippen LogP contribution in [-0.2, 0) is 0 Å². The van der Waals surface area contributed by atoms with Crippen molar-refractivity contribution < 1.29 is 0 Å². The Labute approximate surface area is 143 Å². The van der Waals surface area contributed by atoms with Crippen molar-refractivity contribution >= 4 is 16.9 Å². The largest absolute Gasteiger partial charge is 0.365 e. The summed E-state index contributed by atoms with van der Waals surface area (Å²) in [6.07, 6.45) is 14.6. The molecule has 0 aromatic carbocycles. The monoisotopic (exact) mass is 329 g/mol. The first-order valence-electron chi connectivity index (χ1n) is 9.46. The molecular formula is C18H39N3S. The maximum Gasteiger partial charge on any atom is 0.156 e. The maximum absolute atomic E-state index is 5.61. The molecule has 4 heteroatoms. The van der Waals surface area contributed by atoms with Crippen LogP contribution in [0.4, 0.5) is 0 Å². The molecule has 0 aromatic rings. The van der Waals surface area contributed by atoms with Crippen molar-refractivity contribution in [3.63, 3.8) is 0 Å². The maximum atomic E-state index is 5.61. The van der Waals surface area contributed by atoms with Crippen LogP contribution in [0.2, 0.25) is 0 Å². The van der Waals surface area contributed by atoms with E-state index in [4.69, 9.17) is 10.7 Å². The molecule has 0 spiro atoms. The molecule has 0 bridgehead atoms. The summed E-state index contributed by atoms with van der Waals surface area (Å²) in [7, 11) is 0. The van der Waals surface area contributed by atoms with Crippen LogP contribution in [0.15, 0.2) is 4.99 Å². The van der Waals surface area contributed by atoms with Gasteiger partial charge in [0.15, 0.2) is 5.17 Å². The van der Waals surface area contributed by atoms with Crippen LogP contribution in [0.5, 0.6) is 0 Å². The molecule has 0 fully saturated rings. The van der Waals surface area contributed by atoms with Gasteiger partial charge in [-0.3, -0.25) is 4.99 Å². The first kappa shape index (κ1) is 21.8. The highest BCUT2D eigenvalue weighted by atomic mass is 32.2. The second kappa shape index (κ2) is 18.8. The second-order valence-corrected chi connectivity index (χ2v) is 7.02. The van der Waals surface area contributed by atoms with E-state index in [9.17, 15) is 0 Å². The number of nitrogens with one attached hydrogen (secondary N) is 1. The van der Waals surface area contributed by atoms with Crippen molar-refractivity contribution in [2.75, 3.05) is 25.4 Å². The number of aliphatic imine (C=N–C) groups is 1. The molecule has 0 saturated carbocycles.